The molecule has 182 valence electrons. The molecule has 5 rings (SSSR count). The van der Waals surface area contributed by atoms with Crippen molar-refractivity contribution in [3.05, 3.63) is 53.7 Å². The molecule has 2 aliphatic heterocycles. The average molecular weight is 481 g/mol. The standard InChI is InChI=1S/C24H24FN5O5/c1-34-22-15(25)3-2-4-17(22)29-21-19-16(6-9-27-23(19)31)28-20(21)14-5-8-26-11-18(14)35-12-13-7-10-30(13)24(32)33/h2-5,8,11,13,28-29H,6-7,9-10,12H2,1H3,(H,27,31)(H,32,33)/t13-/m0/s1. The van der Waals surface area contributed by atoms with E-state index in [9.17, 15) is 19.1 Å². The predicted molar refractivity (Wildman–Crippen MR) is 125 cm³/mol. The number of pyridine rings is 1. The predicted octanol–water partition coefficient (Wildman–Crippen LogP) is 3.39. The van der Waals surface area contributed by atoms with Crippen LogP contribution in [0.2, 0.25) is 0 Å². The molecular weight excluding hydrogens is 457 g/mol. The number of aromatic nitrogens is 2. The molecule has 1 atom stereocenters. The maximum atomic E-state index is 14.4. The van der Waals surface area contributed by atoms with Crippen LogP contribution in [-0.4, -0.2) is 64.8 Å². The smallest absolute Gasteiger partial charge is 0.407 e. The van der Waals surface area contributed by atoms with Gasteiger partial charge in [-0.1, -0.05) is 6.07 Å². The fourth-order valence-electron chi connectivity index (χ4n) is 4.41. The Balaban J connectivity index is 1.54. The lowest BCUT2D eigenvalue weighted by Crippen LogP contribution is -2.53. The SMILES string of the molecule is COc1c(F)cccc1Nc1c(-c2ccncc2OC[C@@H]2CCN2C(=O)O)[nH]c2c1C(=O)NCC2. The van der Waals surface area contributed by atoms with Crippen molar-refractivity contribution in [1.82, 2.24) is 20.2 Å². The molecule has 0 unspecified atom stereocenters. The Bertz CT molecular complexity index is 1290. The number of amides is 2. The van der Waals surface area contributed by atoms with Crippen molar-refractivity contribution in [3.63, 3.8) is 0 Å². The number of rotatable bonds is 7. The van der Waals surface area contributed by atoms with E-state index in [4.69, 9.17) is 9.47 Å². The molecule has 4 N–H and O–H groups in total. The number of H-pyrrole nitrogens is 1. The molecule has 35 heavy (non-hydrogen) atoms. The highest BCUT2D eigenvalue weighted by Crippen LogP contribution is 2.42. The minimum absolute atomic E-state index is 0.0227. The minimum atomic E-state index is -0.977. The van der Waals surface area contributed by atoms with Crippen LogP contribution in [0.3, 0.4) is 0 Å². The van der Waals surface area contributed by atoms with Gasteiger partial charge in [0.2, 0.25) is 0 Å². The lowest BCUT2D eigenvalue weighted by atomic mass is 10.0. The molecule has 0 aliphatic carbocycles. The van der Waals surface area contributed by atoms with Crippen LogP contribution in [0.5, 0.6) is 11.5 Å². The second-order valence-corrected chi connectivity index (χ2v) is 8.28. The summed E-state index contributed by atoms with van der Waals surface area (Å²) in [6.07, 6.45) is 3.47. The fourth-order valence-corrected chi connectivity index (χ4v) is 4.41. The van der Waals surface area contributed by atoms with Crippen molar-refractivity contribution in [2.75, 3.05) is 32.1 Å². The Labute approximate surface area is 200 Å². The summed E-state index contributed by atoms with van der Waals surface area (Å²) in [5, 5.41) is 15.3. The summed E-state index contributed by atoms with van der Waals surface area (Å²) < 4.78 is 25.6. The minimum Gasteiger partial charge on any atom is -0.492 e. The van der Waals surface area contributed by atoms with Gasteiger partial charge in [-0.05, 0) is 24.6 Å². The number of ether oxygens (including phenoxy) is 2. The van der Waals surface area contributed by atoms with Gasteiger partial charge in [0.15, 0.2) is 11.6 Å². The first-order valence-electron chi connectivity index (χ1n) is 11.2. The third-order valence-electron chi connectivity index (χ3n) is 6.27. The monoisotopic (exact) mass is 481 g/mol. The number of carboxylic acid groups (broad SMARTS) is 1. The normalized spacial score (nSPS) is 16.7. The zero-order valence-corrected chi connectivity index (χ0v) is 18.9. The van der Waals surface area contributed by atoms with E-state index in [0.717, 1.165) is 5.69 Å². The van der Waals surface area contributed by atoms with Gasteiger partial charge in [-0.15, -0.1) is 0 Å². The molecule has 1 fully saturated rings. The number of aromatic amines is 1. The van der Waals surface area contributed by atoms with Gasteiger partial charge in [-0.2, -0.15) is 0 Å². The van der Waals surface area contributed by atoms with Crippen LogP contribution in [0.15, 0.2) is 36.7 Å². The van der Waals surface area contributed by atoms with Gasteiger partial charge in [-0.25, -0.2) is 9.18 Å². The molecule has 2 amide bonds. The van der Waals surface area contributed by atoms with E-state index in [1.807, 2.05) is 0 Å². The van der Waals surface area contributed by atoms with Crippen molar-refractivity contribution in [2.24, 2.45) is 0 Å². The third kappa shape index (κ3) is 4.09. The second-order valence-electron chi connectivity index (χ2n) is 8.28. The zero-order chi connectivity index (χ0) is 24.5. The van der Waals surface area contributed by atoms with E-state index in [2.05, 4.69) is 20.6 Å². The molecule has 1 aromatic carbocycles. The fraction of sp³-hybridized carbons (Fsp3) is 0.292. The Morgan fingerprint density at radius 3 is 2.97 bits per heavy atom. The maximum absolute atomic E-state index is 14.4. The summed E-state index contributed by atoms with van der Waals surface area (Å²) in [5.74, 6) is -0.341. The number of fused-ring (bicyclic) bond motifs is 1. The summed E-state index contributed by atoms with van der Waals surface area (Å²) in [6, 6.07) is 6.01. The number of halogens is 1. The van der Waals surface area contributed by atoms with Gasteiger partial charge in [-0.3, -0.25) is 9.78 Å². The Hall–Kier alpha value is -4.28. The number of nitrogens with one attached hydrogen (secondary N) is 3. The van der Waals surface area contributed by atoms with Crippen LogP contribution in [0.1, 0.15) is 22.5 Å². The third-order valence-corrected chi connectivity index (χ3v) is 6.27. The van der Waals surface area contributed by atoms with Gasteiger partial charge >= 0.3 is 6.09 Å². The lowest BCUT2D eigenvalue weighted by Gasteiger charge is -2.38. The zero-order valence-electron chi connectivity index (χ0n) is 18.9. The van der Waals surface area contributed by atoms with Crippen molar-refractivity contribution in [3.8, 4) is 22.8 Å². The number of methoxy groups -OCH3 is 1. The summed E-state index contributed by atoms with van der Waals surface area (Å²) in [7, 11) is 1.37. The molecular formula is C24H24FN5O5. The molecule has 2 aliphatic rings. The molecule has 0 bridgehead atoms. The lowest BCUT2D eigenvalue weighted by molar-refractivity contribution is 0.0500. The van der Waals surface area contributed by atoms with Crippen LogP contribution in [0.4, 0.5) is 20.6 Å². The summed E-state index contributed by atoms with van der Waals surface area (Å²) in [4.78, 5) is 32.9. The topological polar surface area (TPSA) is 129 Å². The van der Waals surface area contributed by atoms with Crippen molar-refractivity contribution < 1.29 is 28.6 Å². The van der Waals surface area contributed by atoms with Crippen molar-refractivity contribution in [2.45, 2.75) is 18.9 Å². The molecule has 0 radical (unpaired) electrons. The number of hydrogen-bond donors (Lipinski definition) is 4. The number of anilines is 2. The number of carbonyl (C=O) groups excluding carboxylic acids is 1. The number of likely N-dealkylation sites (tertiary alicyclic amines) is 1. The van der Waals surface area contributed by atoms with E-state index < -0.39 is 11.9 Å². The summed E-state index contributed by atoms with van der Waals surface area (Å²) in [6.45, 7) is 1.14. The largest absolute Gasteiger partial charge is 0.492 e. The van der Waals surface area contributed by atoms with Crippen LogP contribution < -0.4 is 20.1 Å². The first-order valence-corrected chi connectivity index (χ1v) is 11.2. The van der Waals surface area contributed by atoms with Gasteiger partial charge in [0, 0.05) is 37.0 Å². The van der Waals surface area contributed by atoms with Crippen LogP contribution in [0, 0.1) is 5.82 Å². The molecule has 2 aromatic heterocycles. The van der Waals surface area contributed by atoms with Crippen molar-refractivity contribution >= 4 is 23.4 Å². The maximum Gasteiger partial charge on any atom is 0.407 e. The van der Waals surface area contributed by atoms with E-state index >= 15 is 0 Å². The first kappa shape index (κ1) is 22.5. The van der Waals surface area contributed by atoms with Gasteiger partial charge in [0.05, 0.1) is 42.0 Å². The second kappa shape index (κ2) is 9.16. The number of nitrogens with zero attached hydrogens (tertiary/aromatic N) is 2. The van der Waals surface area contributed by atoms with Gasteiger partial charge < -0.3 is 35.1 Å². The highest BCUT2D eigenvalue weighted by molar-refractivity contribution is 6.06. The first-order chi connectivity index (χ1) is 17.0. The highest BCUT2D eigenvalue weighted by Gasteiger charge is 2.33. The molecule has 0 spiro atoms. The van der Waals surface area contributed by atoms with Crippen molar-refractivity contribution in [1.29, 1.82) is 0 Å². The number of para-hydroxylation sites is 1. The van der Waals surface area contributed by atoms with Crippen LogP contribution in [0.25, 0.3) is 11.3 Å². The molecule has 1 saturated heterocycles. The molecule has 0 saturated carbocycles. The summed E-state index contributed by atoms with van der Waals surface area (Å²) in [5.41, 5.74) is 3.17. The number of benzene rings is 1. The molecule has 3 aromatic rings. The molecule has 10 nitrogen and oxygen atoms in total. The Morgan fingerprint density at radius 2 is 2.23 bits per heavy atom. The van der Waals surface area contributed by atoms with E-state index in [1.165, 1.54) is 18.1 Å². The average Bonchev–Trinajstić information content (AvgIpc) is 3.18. The quantitative estimate of drug-likeness (QED) is 0.407. The van der Waals surface area contributed by atoms with E-state index in [0.29, 0.717) is 59.9 Å². The molecule has 4 heterocycles. The van der Waals surface area contributed by atoms with Gasteiger partial charge in [0.1, 0.15) is 12.4 Å². The highest BCUT2D eigenvalue weighted by atomic mass is 19.1. The number of carbonyl (C=O) groups is 2. The van der Waals surface area contributed by atoms with Gasteiger partial charge in [0.25, 0.3) is 5.91 Å². The summed E-state index contributed by atoms with van der Waals surface area (Å²) >= 11 is 0. The van der Waals surface area contributed by atoms with Crippen LogP contribution >= 0.6 is 0 Å². The van der Waals surface area contributed by atoms with E-state index in [-0.39, 0.29) is 24.3 Å². The Kier molecular flexibility index (Phi) is 5.89. The van der Waals surface area contributed by atoms with Crippen LogP contribution in [-0.2, 0) is 6.42 Å². The van der Waals surface area contributed by atoms with E-state index in [1.54, 1.807) is 30.6 Å². The number of hydrogen-bond acceptors (Lipinski definition) is 6. The Morgan fingerprint density at radius 1 is 1.37 bits per heavy atom. The molecule has 11 heteroatoms.